The van der Waals surface area contributed by atoms with Gasteiger partial charge in [0.15, 0.2) is 5.96 Å². The van der Waals surface area contributed by atoms with E-state index in [0.29, 0.717) is 11.9 Å². The van der Waals surface area contributed by atoms with E-state index in [9.17, 15) is 0 Å². The van der Waals surface area contributed by atoms with Crippen molar-refractivity contribution in [2.24, 2.45) is 16.6 Å². The molecule has 0 heterocycles. The van der Waals surface area contributed by atoms with Gasteiger partial charge in [0.2, 0.25) is 0 Å². The summed E-state index contributed by atoms with van der Waals surface area (Å²) in [4.78, 5) is 4.03. The zero-order valence-electron chi connectivity index (χ0n) is 6.59. The second-order valence-corrected chi connectivity index (χ2v) is 2.47. The average Bonchev–Trinajstić information content (AvgIpc) is 1.85. The van der Waals surface area contributed by atoms with Gasteiger partial charge in [0.05, 0.1) is 0 Å². The fourth-order valence-electron chi connectivity index (χ4n) is 0.431. The number of nitrogens with two attached hydrogens (primary N) is 1. The van der Waals surface area contributed by atoms with Crippen LogP contribution in [0, 0.1) is 5.92 Å². The largest absolute Gasteiger partial charge is 0.370 e. The van der Waals surface area contributed by atoms with E-state index in [1.54, 1.807) is 0 Å². The molecule has 0 aromatic carbocycles. The van der Waals surface area contributed by atoms with Gasteiger partial charge in [0.1, 0.15) is 0 Å². The minimum absolute atomic E-state index is 0.434. The molecule has 3 heteroatoms. The number of guanidine groups is 1. The van der Waals surface area contributed by atoms with Crippen molar-refractivity contribution < 1.29 is 0 Å². The van der Waals surface area contributed by atoms with Crippen molar-refractivity contribution in [2.45, 2.75) is 13.8 Å². The molecule has 0 atom stereocenters. The van der Waals surface area contributed by atoms with Crippen molar-refractivity contribution in [3.05, 3.63) is 12.8 Å². The van der Waals surface area contributed by atoms with Crippen LogP contribution in [0.3, 0.4) is 0 Å². The first-order chi connectivity index (χ1) is 4.66. The monoisotopic (exact) mass is 141 g/mol. The van der Waals surface area contributed by atoms with Gasteiger partial charge in [0.25, 0.3) is 0 Å². The summed E-state index contributed by atoms with van der Waals surface area (Å²) in [6.45, 7) is 8.39. The van der Waals surface area contributed by atoms with Crippen LogP contribution in [0.5, 0.6) is 0 Å². The van der Waals surface area contributed by atoms with Crippen molar-refractivity contribution in [2.75, 3.05) is 6.54 Å². The van der Waals surface area contributed by atoms with Gasteiger partial charge in [-0.2, -0.15) is 0 Å². The molecule has 0 amide bonds. The van der Waals surface area contributed by atoms with Crippen LogP contribution in [0.2, 0.25) is 0 Å². The van der Waals surface area contributed by atoms with Crippen LogP contribution >= 0.6 is 0 Å². The molecule has 0 radical (unpaired) electrons. The summed E-state index contributed by atoms with van der Waals surface area (Å²) in [7, 11) is 0. The quantitative estimate of drug-likeness (QED) is 0.449. The lowest BCUT2D eigenvalue weighted by Gasteiger charge is -2.00. The van der Waals surface area contributed by atoms with Crippen LogP contribution in [0.15, 0.2) is 17.8 Å². The second kappa shape index (κ2) is 4.85. The predicted molar refractivity (Wildman–Crippen MR) is 44.7 cm³/mol. The fraction of sp³-hybridized carbons (Fsp3) is 0.571. The molecule has 3 nitrogen and oxygen atoms in total. The van der Waals surface area contributed by atoms with Gasteiger partial charge in [-0.1, -0.05) is 20.4 Å². The maximum absolute atomic E-state index is 5.40. The minimum atomic E-state index is 0.434. The van der Waals surface area contributed by atoms with E-state index in [1.165, 1.54) is 6.20 Å². The van der Waals surface area contributed by atoms with Crippen molar-refractivity contribution in [1.82, 2.24) is 5.32 Å². The Kier molecular flexibility index (Phi) is 4.37. The third kappa shape index (κ3) is 5.15. The molecule has 0 unspecified atom stereocenters. The van der Waals surface area contributed by atoms with Gasteiger partial charge < -0.3 is 11.1 Å². The molecule has 10 heavy (non-hydrogen) atoms. The topological polar surface area (TPSA) is 50.4 Å². The third-order valence-corrected chi connectivity index (χ3v) is 0.877. The van der Waals surface area contributed by atoms with Crippen LogP contribution in [0.1, 0.15) is 13.8 Å². The highest BCUT2D eigenvalue weighted by atomic mass is 15.1. The van der Waals surface area contributed by atoms with Crippen molar-refractivity contribution in [3.63, 3.8) is 0 Å². The van der Waals surface area contributed by atoms with Crippen LogP contribution in [-0.2, 0) is 0 Å². The molecule has 3 N–H and O–H groups in total. The van der Waals surface area contributed by atoms with Crippen LogP contribution in [0.25, 0.3) is 0 Å². The Morgan fingerprint density at radius 1 is 1.80 bits per heavy atom. The van der Waals surface area contributed by atoms with E-state index in [2.05, 4.69) is 30.7 Å². The Bertz CT molecular complexity index is 127. The van der Waals surface area contributed by atoms with Crippen molar-refractivity contribution in [1.29, 1.82) is 0 Å². The number of nitrogens with zero attached hydrogens (tertiary/aromatic N) is 1. The van der Waals surface area contributed by atoms with Gasteiger partial charge in [-0.05, 0) is 12.1 Å². The predicted octanol–water partition coefficient (Wildman–Crippen LogP) is 0.690. The second-order valence-electron chi connectivity index (χ2n) is 2.47. The number of aliphatic imine (C=N–C) groups is 1. The highest BCUT2D eigenvalue weighted by Gasteiger charge is 1.90. The number of rotatable bonds is 3. The minimum Gasteiger partial charge on any atom is -0.370 e. The smallest absolute Gasteiger partial charge is 0.192 e. The van der Waals surface area contributed by atoms with E-state index < -0.39 is 0 Å². The van der Waals surface area contributed by atoms with Crippen molar-refractivity contribution in [3.8, 4) is 0 Å². The maximum Gasteiger partial charge on any atom is 0.192 e. The molecule has 0 spiro atoms. The summed E-state index contributed by atoms with van der Waals surface area (Å²) in [5.74, 6) is 0.980. The van der Waals surface area contributed by atoms with Gasteiger partial charge >= 0.3 is 0 Å². The molecule has 0 rings (SSSR count). The Labute approximate surface area is 62.0 Å². The summed E-state index contributed by atoms with van der Waals surface area (Å²) in [5.41, 5.74) is 5.40. The molecular formula is C7H15N3. The number of hydrogen-bond donors (Lipinski definition) is 2. The van der Waals surface area contributed by atoms with E-state index in [1.807, 2.05) is 0 Å². The SMILES string of the molecule is C=CNC(N)=NCC(C)C. The summed E-state index contributed by atoms with van der Waals surface area (Å²) in [5, 5.41) is 2.69. The lowest BCUT2D eigenvalue weighted by Crippen LogP contribution is -2.27. The van der Waals surface area contributed by atoms with Crippen LogP contribution in [-0.4, -0.2) is 12.5 Å². The summed E-state index contributed by atoms with van der Waals surface area (Å²) < 4.78 is 0. The first kappa shape index (κ1) is 9.01. The van der Waals surface area contributed by atoms with Gasteiger partial charge in [-0.15, -0.1) is 0 Å². The standard InChI is InChI=1S/C7H15N3/c1-4-9-7(8)10-5-6(2)3/h4,6H,1,5H2,2-3H3,(H3,8,9,10). The third-order valence-electron chi connectivity index (χ3n) is 0.877. The first-order valence-electron chi connectivity index (χ1n) is 3.34. The van der Waals surface area contributed by atoms with Gasteiger partial charge in [-0.3, -0.25) is 4.99 Å². The molecule has 0 aliphatic heterocycles. The zero-order valence-corrected chi connectivity index (χ0v) is 6.59. The highest BCUT2D eigenvalue weighted by molar-refractivity contribution is 5.78. The molecule has 0 saturated carbocycles. The average molecular weight is 141 g/mol. The molecular weight excluding hydrogens is 126 g/mol. The molecule has 0 aromatic heterocycles. The molecule has 0 saturated heterocycles. The normalized spacial score (nSPS) is 11.7. The summed E-state index contributed by atoms with van der Waals surface area (Å²) in [6.07, 6.45) is 1.51. The maximum atomic E-state index is 5.40. The Hall–Kier alpha value is -0.990. The van der Waals surface area contributed by atoms with Gasteiger partial charge in [-0.25, -0.2) is 0 Å². The Balaban J connectivity index is 3.57. The summed E-state index contributed by atoms with van der Waals surface area (Å²) >= 11 is 0. The molecule has 58 valence electrons. The molecule has 0 aromatic rings. The molecule has 0 fully saturated rings. The number of nitrogens with one attached hydrogen (secondary N) is 1. The molecule has 0 bridgehead atoms. The lowest BCUT2D eigenvalue weighted by atomic mass is 10.2. The van der Waals surface area contributed by atoms with Crippen LogP contribution in [0.4, 0.5) is 0 Å². The zero-order chi connectivity index (χ0) is 7.98. The number of hydrogen-bond acceptors (Lipinski definition) is 1. The Morgan fingerprint density at radius 3 is 2.80 bits per heavy atom. The van der Waals surface area contributed by atoms with E-state index in [4.69, 9.17) is 5.73 Å². The van der Waals surface area contributed by atoms with E-state index >= 15 is 0 Å². The fourth-order valence-corrected chi connectivity index (χ4v) is 0.431. The molecule has 0 aliphatic carbocycles. The van der Waals surface area contributed by atoms with E-state index in [-0.39, 0.29) is 0 Å². The highest BCUT2D eigenvalue weighted by Crippen LogP contribution is 1.89. The van der Waals surface area contributed by atoms with Crippen LogP contribution < -0.4 is 11.1 Å². The van der Waals surface area contributed by atoms with Crippen molar-refractivity contribution >= 4 is 5.96 Å². The van der Waals surface area contributed by atoms with E-state index in [0.717, 1.165) is 6.54 Å². The Morgan fingerprint density at radius 2 is 2.40 bits per heavy atom. The molecule has 0 aliphatic rings. The first-order valence-corrected chi connectivity index (χ1v) is 3.34. The lowest BCUT2D eigenvalue weighted by molar-refractivity contribution is 0.663. The summed E-state index contributed by atoms with van der Waals surface area (Å²) in [6, 6.07) is 0. The van der Waals surface area contributed by atoms with Gasteiger partial charge in [0, 0.05) is 6.54 Å².